The average Bonchev–Trinajstić information content (AvgIpc) is 2.94. The summed E-state index contributed by atoms with van der Waals surface area (Å²) in [4.78, 5) is 26.2. The number of ether oxygens (including phenoxy) is 1. The van der Waals surface area contributed by atoms with E-state index in [0.29, 0.717) is 18.0 Å². The summed E-state index contributed by atoms with van der Waals surface area (Å²) in [5, 5.41) is 2.86. The number of hydrogen-bond donors (Lipinski definition) is 1. The predicted octanol–water partition coefficient (Wildman–Crippen LogP) is 2.31. The van der Waals surface area contributed by atoms with Crippen LogP contribution in [0.2, 0.25) is 0 Å². The zero-order valence-electron chi connectivity index (χ0n) is 11.5. The minimum atomic E-state index is -0.422. The summed E-state index contributed by atoms with van der Waals surface area (Å²) in [6, 6.07) is 6.75. The number of rotatable bonds is 2. The molecule has 5 heteroatoms. The Morgan fingerprint density at radius 2 is 1.90 bits per heavy atom. The van der Waals surface area contributed by atoms with Crippen LogP contribution >= 0.6 is 0 Å². The van der Waals surface area contributed by atoms with Crippen molar-refractivity contribution in [2.24, 2.45) is 5.41 Å². The molecule has 1 aromatic carbocycles. The van der Waals surface area contributed by atoms with Gasteiger partial charge in [-0.25, -0.2) is 9.69 Å². The van der Waals surface area contributed by atoms with Gasteiger partial charge in [0, 0.05) is 6.54 Å². The second kappa shape index (κ2) is 4.81. The molecule has 1 spiro atoms. The highest BCUT2D eigenvalue weighted by molar-refractivity contribution is 6.18. The predicted molar refractivity (Wildman–Crippen MR) is 74.8 cm³/mol. The highest BCUT2D eigenvalue weighted by atomic mass is 16.5. The minimum Gasteiger partial charge on any atom is -0.495 e. The number of benzene rings is 1. The number of nitrogens with one attached hydrogen (secondary N) is 1. The zero-order valence-corrected chi connectivity index (χ0v) is 11.5. The van der Waals surface area contributed by atoms with Crippen LogP contribution in [0.3, 0.4) is 0 Å². The molecule has 1 N–H and O–H groups in total. The van der Waals surface area contributed by atoms with Gasteiger partial charge < -0.3 is 10.1 Å². The van der Waals surface area contributed by atoms with Gasteiger partial charge in [-0.15, -0.1) is 0 Å². The molecule has 0 bridgehead atoms. The van der Waals surface area contributed by atoms with Gasteiger partial charge in [0.1, 0.15) is 5.75 Å². The highest BCUT2D eigenvalue weighted by Crippen LogP contribution is 2.43. The molecule has 3 rings (SSSR count). The molecule has 1 saturated heterocycles. The maximum Gasteiger partial charge on any atom is 0.328 e. The topological polar surface area (TPSA) is 58.6 Å². The Balaban J connectivity index is 2.02. The Labute approximate surface area is 117 Å². The molecule has 20 heavy (non-hydrogen) atoms. The monoisotopic (exact) mass is 274 g/mol. The first kappa shape index (κ1) is 13.0. The minimum absolute atomic E-state index is 0.0942. The lowest BCUT2D eigenvalue weighted by Crippen LogP contribution is -2.60. The molecule has 1 aliphatic heterocycles. The number of urea groups is 1. The van der Waals surface area contributed by atoms with Crippen molar-refractivity contribution in [3.63, 3.8) is 0 Å². The Kier molecular flexibility index (Phi) is 3.12. The standard InChI is InChI=1S/C15H18N2O3/c1-20-12-7-3-2-6-11(12)17-13(18)15(8-4-5-9-15)10-16-14(17)19/h2-3,6-7H,4-5,8-10H2,1H3,(H,16,19). The van der Waals surface area contributed by atoms with Gasteiger partial charge in [0.05, 0.1) is 18.2 Å². The van der Waals surface area contributed by atoms with Crippen molar-refractivity contribution in [2.45, 2.75) is 25.7 Å². The lowest BCUT2D eigenvalue weighted by molar-refractivity contribution is -0.127. The molecule has 1 aliphatic carbocycles. The van der Waals surface area contributed by atoms with Gasteiger partial charge in [-0.3, -0.25) is 4.79 Å². The van der Waals surface area contributed by atoms with E-state index in [9.17, 15) is 9.59 Å². The average molecular weight is 274 g/mol. The molecule has 0 unspecified atom stereocenters. The van der Waals surface area contributed by atoms with Crippen LogP contribution in [0.5, 0.6) is 5.75 Å². The van der Waals surface area contributed by atoms with E-state index in [0.717, 1.165) is 25.7 Å². The fraction of sp³-hybridized carbons (Fsp3) is 0.467. The van der Waals surface area contributed by atoms with E-state index in [1.807, 2.05) is 6.07 Å². The molecule has 2 aliphatic rings. The molecule has 5 nitrogen and oxygen atoms in total. The zero-order chi connectivity index (χ0) is 14.2. The van der Waals surface area contributed by atoms with E-state index in [2.05, 4.69) is 5.32 Å². The molecule has 2 fully saturated rings. The summed E-state index contributed by atoms with van der Waals surface area (Å²) in [7, 11) is 1.54. The Hall–Kier alpha value is -2.04. The van der Waals surface area contributed by atoms with Crippen LogP contribution in [0.4, 0.5) is 10.5 Å². The lowest BCUT2D eigenvalue weighted by Gasteiger charge is -2.38. The molecule has 3 amide bonds. The van der Waals surface area contributed by atoms with Crippen LogP contribution in [0.25, 0.3) is 0 Å². The molecule has 0 radical (unpaired) electrons. The van der Waals surface area contributed by atoms with Crippen LogP contribution in [0, 0.1) is 5.41 Å². The maximum atomic E-state index is 12.8. The fourth-order valence-corrected chi connectivity index (χ4v) is 3.20. The largest absolute Gasteiger partial charge is 0.495 e. The fourth-order valence-electron chi connectivity index (χ4n) is 3.20. The van der Waals surface area contributed by atoms with E-state index in [4.69, 9.17) is 4.74 Å². The van der Waals surface area contributed by atoms with Gasteiger partial charge in [-0.1, -0.05) is 25.0 Å². The van der Waals surface area contributed by atoms with Gasteiger partial charge in [0.25, 0.3) is 0 Å². The maximum absolute atomic E-state index is 12.8. The smallest absolute Gasteiger partial charge is 0.328 e. The van der Waals surface area contributed by atoms with Crippen LogP contribution < -0.4 is 15.0 Å². The summed E-state index contributed by atoms with van der Waals surface area (Å²) in [5.74, 6) is 0.439. The van der Waals surface area contributed by atoms with Gasteiger partial charge in [-0.2, -0.15) is 0 Å². The summed E-state index contributed by atoms with van der Waals surface area (Å²) in [5.41, 5.74) is 0.0952. The molecule has 106 valence electrons. The van der Waals surface area contributed by atoms with Crippen LogP contribution in [0.15, 0.2) is 24.3 Å². The number of para-hydroxylation sites is 2. The molecule has 1 heterocycles. The molecular weight excluding hydrogens is 256 g/mol. The SMILES string of the molecule is COc1ccccc1N1C(=O)NCC2(CCCC2)C1=O. The van der Waals surface area contributed by atoms with Crippen molar-refractivity contribution in [1.82, 2.24) is 5.32 Å². The molecule has 0 aromatic heterocycles. The second-order valence-corrected chi connectivity index (χ2v) is 5.46. The van der Waals surface area contributed by atoms with Crippen molar-refractivity contribution in [3.8, 4) is 5.75 Å². The normalized spacial score (nSPS) is 21.1. The van der Waals surface area contributed by atoms with Crippen LogP contribution in [-0.4, -0.2) is 25.6 Å². The second-order valence-electron chi connectivity index (χ2n) is 5.46. The van der Waals surface area contributed by atoms with Crippen LogP contribution in [0.1, 0.15) is 25.7 Å². The first-order valence-electron chi connectivity index (χ1n) is 6.93. The third-order valence-electron chi connectivity index (χ3n) is 4.32. The number of imide groups is 1. The summed E-state index contributed by atoms with van der Waals surface area (Å²) >= 11 is 0. The van der Waals surface area contributed by atoms with Gasteiger partial charge in [0.2, 0.25) is 5.91 Å². The number of anilines is 1. The van der Waals surface area contributed by atoms with Crippen molar-refractivity contribution in [1.29, 1.82) is 0 Å². The number of nitrogens with zero attached hydrogens (tertiary/aromatic N) is 1. The van der Waals surface area contributed by atoms with Gasteiger partial charge in [-0.05, 0) is 25.0 Å². The van der Waals surface area contributed by atoms with Gasteiger partial charge in [0.15, 0.2) is 0 Å². The summed E-state index contributed by atoms with van der Waals surface area (Å²) in [6.45, 7) is 0.455. The van der Waals surface area contributed by atoms with E-state index in [-0.39, 0.29) is 11.9 Å². The Bertz CT molecular complexity index is 550. The number of amides is 3. The Morgan fingerprint density at radius 1 is 1.20 bits per heavy atom. The first-order chi connectivity index (χ1) is 9.68. The number of hydrogen-bond acceptors (Lipinski definition) is 3. The lowest BCUT2D eigenvalue weighted by atomic mass is 9.83. The molecular formula is C15H18N2O3. The number of carbonyl (C=O) groups excluding carboxylic acids is 2. The van der Waals surface area contributed by atoms with Gasteiger partial charge >= 0.3 is 6.03 Å². The van der Waals surface area contributed by atoms with Crippen molar-refractivity contribution in [3.05, 3.63) is 24.3 Å². The van der Waals surface area contributed by atoms with E-state index in [1.54, 1.807) is 18.2 Å². The van der Waals surface area contributed by atoms with Crippen molar-refractivity contribution < 1.29 is 14.3 Å². The van der Waals surface area contributed by atoms with E-state index >= 15 is 0 Å². The highest BCUT2D eigenvalue weighted by Gasteiger charge is 2.49. The van der Waals surface area contributed by atoms with E-state index < -0.39 is 5.41 Å². The number of methoxy groups -OCH3 is 1. The Morgan fingerprint density at radius 3 is 2.60 bits per heavy atom. The molecule has 1 saturated carbocycles. The number of carbonyl (C=O) groups is 2. The first-order valence-corrected chi connectivity index (χ1v) is 6.93. The molecule has 1 aromatic rings. The third kappa shape index (κ3) is 1.85. The quantitative estimate of drug-likeness (QED) is 0.900. The summed E-state index contributed by atoms with van der Waals surface area (Å²) in [6.07, 6.45) is 3.78. The van der Waals surface area contributed by atoms with Crippen molar-refractivity contribution in [2.75, 3.05) is 18.6 Å². The summed E-state index contributed by atoms with van der Waals surface area (Å²) < 4.78 is 5.27. The third-order valence-corrected chi connectivity index (χ3v) is 4.32. The van der Waals surface area contributed by atoms with Crippen molar-refractivity contribution >= 4 is 17.6 Å². The van der Waals surface area contributed by atoms with E-state index in [1.165, 1.54) is 12.0 Å². The molecule has 0 atom stereocenters. The van der Waals surface area contributed by atoms with Crippen LogP contribution in [-0.2, 0) is 4.79 Å².